The molecule has 2 amide bonds. The summed E-state index contributed by atoms with van der Waals surface area (Å²) >= 11 is 5.76. The van der Waals surface area contributed by atoms with Crippen LogP contribution in [0.2, 0.25) is 5.02 Å². The minimum atomic E-state index is -1.16. The van der Waals surface area contributed by atoms with E-state index in [1.54, 1.807) is 24.3 Å². The number of ether oxygens (including phenoxy) is 1. The second kappa shape index (κ2) is 8.84. The average Bonchev–Trinajstić information content (AvgIpc) is 2.60. The van der Waals surface area contributed by atoms with Gasteiger partial charge in [0, 0.05) is 10.6 Å². The largest absolute Gasteiger partial charge is 0.461 e. The van der Waals surface area contributed by atoms with Crippen molar-refractivity contribution in [2.45, 2.75) is 19.1 Å². The van der Waals surface area contributed by atoms with E-state index in [-0.39, 0.29) is 13.0 Å². The molecule has 0 saturated carbocycles. The molecule has 7 heteroatoms. The number of halogens is 1. The molecule has 0 radical (unpaired) electrons. The van der Waals surface area contributed by atoms with Crippen LogP contribution in [0, 0.1) is 0 Å². The fraction of sp³-hybridized carbons (Fsp3) is 0.167. The van der Waals surface area contributed by atoms with Crippen molar-refractivity contribution in [3.8, 4) is 0 Å². The van der Waals surface area contributed by atoms with Gasteiger partial charge < -0.3 is 15.8 Å². The molecule has 6 nitrogen and oxygen atoms in total. The van der Waals surface area contributed by atoms with E-state index in [0.717, 1.165) is 5.56 Å². The topological polar surface area (TPSA) is 98.5 Å². The van der Waals surface area contributed by atoms with E-state index in [1.165, 1.54) is 12.1 Å². The molecule has 0 unspecified atom stereocenters. The zero-order chi connectivity index (χ0) is 18.2. The van der Waals surface area contributed by atoms with Crippen molar-refractivity contribution in [1.29, 1.82) is 0 Å². The highest BCUT2D eigenvalue weighted by molar-refractivity contribution is 6.30. The number of carbonyl (C=O) groups excluding carboxylic acids is 3. The third kappa shape index (κ3) is 5.93. The smallest absolute Gasteiger partial charge is 0.308 e. The summed E-state index contributed by atoms with van der Waals surface area (Å²) in [5.41, 5.74) is 6.38. The monoisotopic (exact) mass is 360 g/mol. The van der Waals surface area contributed by atoms with Crippen molar-refractivity contribution >= 4 is 29.4 Å². The first-order valence-electron chi connectivity index (χ1n) is 7.51. The summed E-state index contributed by atoms with van der Waals surface area (Å²) in [6.07, 6.45) is -0.346. The molecule has 0 heterocycles. The number of amides is 2. The molecule has 130 valence electrons. The standard InChI is InChI=1S/C18H17ClN2O4/c19-14-8-6-13(7-9-14)18(24)21-15(17(20)23)10-16(22)25-11-12-4-2-1-3-5-12/h1-9,15H,10-11H2,(H2,20,23)(H,21,24)/t15-/m0/s1. The highest BCUT2D eigenvalue weighted by atomic mass is 35.5. The normalized spacial score (nSPS) is 11.4. The van der Waals surface area contributed by atoms with E-state index in [2.05, 4.69) is 5.32 Å². The Morgan fingerprint density at radius 3 is 2.28 bits per heavy atom. The molecule has 0 aromatic heterocycles. The number of carbonyl (C=O) groups is 3. The van der Waals surface area contributed by atoms with Gasteiger partial charge in [0.25, 0.3) is 5.91 Å². The van der Waals surface area contributed by atoms with Crippen LogP contribution in [0.25, 0.3) is 0 Å². The number of primary amides is 1. The van der Waals surface area contributed by atoms with Gasteiger partial charge in [0.2, 0.25) is 5.91 Å². The molecule has 0 aliphatic heterocycles. The average molecular weight is 361 g/mol. The fourth-order valence-corrected chi connectivity index (χ4v) is 2.16. The summed E-state index contributed by atoms with van der Waals surface area (Å²) < 4.78 is 5.10. The summed E-state index contributed by atoms with van der Waals surface area (Å²) in [6.45, 7) is 0.0796. The zero-order valence-corrected chi connectivity index (χ0v) is 14.0. The van der Waals surface area contributed by atoms with E-state index >= 15 is 0 Å². The Hall–Kier alpha value is -2.86. The fourth-order valence-electron chi connectivity index (χ4n) is 2.03. The van der Waals surface area contributed by atoms with Crippen LogP contribution in [0.15, 0.2) is 54.6 Å². The number of hydrogen-bond donors (Lipinski definition) is 2. The van der Waals surface area contributed by atoms with E-state index < -0.39 is 23.8 Å². The van der Waals surface area contributed by atoms with Gasteiger partial charge in [-0.25, -0.2) is 0 Å². The lowest BCUT2D eigenvalue weighted by Gasteiger charge is -2.15. The third-order valence-corrected chi connectivity index (χ3v) is 3.62. The molecule has 2 aromatic rings. The van der Waals surface area contributed by atoms with Gasteiger partial charge in [-0.05, 0) is 29.8 Å². The lowest BCUT2D eigenvalue weighted by molar-refractivity contribution is -0.146. The summed E-state index contributed by atoms with van der Waals surface area (Å²) in [6, 6.07) is 14.0. The molecule has 2 rings (SSSR count). The molecule has 25 heavy (non-hydrogen) atoms. The zero-order valence-electron chi connectivity index (χ0n) is 13.3. The van der Waals surface area contributed by atoms with Gasteiger partial charge in [0.15, 0.2) is 0 Å². The van der Waals surface area contributed by atoms with Crippen LogP contribution in [0.5, 0.6) is 0 Å². The van der Waals surface area contributed by atoms with Crippen LogP contribution >= 0.6 is 11.6 Å². The first-order valence-corrected chi connectivity index (χ1v) is 7.89. The Labute approximate surface area is 149 Å². The molecule has 0 saturated heterocycles. The van der Waals surface area contributed by atoms with Gasteiger partial charge in [-0.1, -0.05) is 41.9 Å². The Morgan fingerprint density at radius 1 is 1.04 bits per heavy atom. The lowest BCUT2D eigenvalue weighted by atomic mass is 10.1. The van der Waals surface area contributed by atoms with Gasteiger partial charge >= 0.3 is 5.97 Å². The predicted molar refractivity (Wildman–Crippen MR) is 92.8 cm³/mol. The number of benzene rings is 2. The maximum Gasteiger partial charge on any atom is 0.308 e. The molecule has 3 N–H and O–H groups in total. The number of nitrogens with one attached hydrogen (secondary N) is 1. The van der Waals surface area contributed by atoms with Gasteiger partial charge in [0.05, 0.1) is 6.42 Å². The van der Waals surface area contributed by atoms with Crippen molar-refractivity contribution in [2.75, 3.05) is 0 Å². The van der Waals surface area contributed by atoms with Crippen LogP contribution in [0.4, 0.5) is 0 Å². The molecular weight excluding hydrogens is 344 g/mol. The maximum absolute atomic E-state index is 12.1. The molecule has 1 atom stereocenters. The number of hydrogen-bond acceptors (Lipinski definition) is 4. The van der Waals surface area contributed by atoms with Crippen molar-refractivity contribution in [3.63, 3.8) is 0 Å². The van der Waals surface area contributed by atoms with E-state index in [0.29, 0.717) is 10.6 Å². The van der Waals surface area contributed by atoms with Crippen molar-refractivity contribution in [2.24, 2.45) is 5.73 Å². The molecule has 0 aliphatic rings. The van der Waals surface area contributed by atoms with Gasteiger partial charge in [-0.2, -0.15) is 0 Å². The third-order valence-electron chi connectivity index (χ3n) is 3.37. The van der Waals surface area contributed by atoms with Crippen LogP contribution in [-0.2, 0) is 20.9 Å². The molecule has 0 bridgehead atoms. The summed E-state index contributed by atoms with van der Waals surface area (Å²) in [7, 11) is 0. The van der Waals surface area contributed by atoms with E-state index in [1.807, 2.05) is 18.2 Å². The number of nitrogens with two attached hydrogens (primary N) is 1. The summed E-state index contributed by atoms with van der Waals surface area (Å²) in [5.74, 6) is -1.99. The van der Waals surface area contributed by atoms with E-state index in [9.17, 15) is 14.4 Å². The Balaban J connectivity index is 1.91. The second-order valence-electron chi connectivity index (χ2n) is 5.29. The Kier molecular flexibility index (Phi) is 6.54. The summed E-state index contributed by atoms with van der Waals surface area (Å²) in [4.78, 5) is 35.5. The summed E-state index contributed by atoms with van der Waals surface area (Å²) in [5, 5.41) is 2.90. The van der Waals surface area contributed by atoms with Crippen molar-refractivity contribution in [3.05, 3.63) is 70.7 Å². The predicted octanol–water partition coefficient (Wildman–Crippen LogP) is 2.06. The van der Waals surface area contributed by atoms with Crippen LogP contribution < -0.4 is 11.1 Å². The highest BCUT2D eigenvalue weighted by Gasteiger charge is 2.23. The van der Waals surface area contributed by atoms with E-state index in [4.69, 9.17) is 22.1 Å². The molecular formula is C18H17ClN2O4. The second-order valence-corrected chi connectivity index (χ2v) is 5.72. The van der Waals surface area contributed by atoms with Crippen LogP contribution in [0.3, 0.4) is 0 Å². The minimum absolute atomic E-state index is 0.0796. The molecule has 0 spiro atoms. The van der Waals surface area contributed by atoms with Crippen molar-refractivity contribution < 1.29 is 19.1 Å². The maximum atomic E-state index is 12.1. The van der Waals surface area contributed by atoms with Gasteiger partial charge in [-0.15, -0.1) is 0 Å². The Bertz CT molecular complexity index is 747. The molecule has 0 fully saturated rings. The number of esters is 1. The highest BCUT2D eigenvalue weighted by Crippen LogP contribution is 2.10. The first kappa shape index (κ1) is 18.5. The first-order chi connectivity index (χ1) is 12.0. The molecule has 0 aliphatic carbocycles. The lowest BCUT2D eigenvalue weighted by Crippen LogP contribution is -2.45. The Morgan fingerprint density at radius 2 is 1.68 bits per heavy atom. The van der Waals surface area contributed by atoms with Gasteiger partial charge in [-0.3, -0.25) is 14.4 Å². The SMILES string of the molecule is NC(=O)[C@H](CC(=O)OCc1ccccc1)NC(=O)c1ccc(Cl)cc1. The van der Waals surface area contributed by atoms with Crippen molar-refractivity contribution in [1.82, 2.24) is 5.32 Å². The quantitative estimate of drug-likeness (QED) is 0.738. The van der Waals surface area contributed by atoms with Gasteiger partial charge in [0.1, 0.15) is 12.6 Å². The molecule has 2 aromatic carbocycles. The minimum Gasteiger partial charge on any atom is -0.461 e. The van der Waals surface area contributed by atoms with Crippen LogP contribution in [-0.4, -0.2) is 23.8 Å². The number of rotatable bonds is 7. The van der Waals surface area contributed by atoms with Crippen LogP contribution in [0.1, 0.15) is 22.3 Å².